The number of halogens is 1. The zero-order valence-corrected chi connectivity index (χ0v) is 18.7. The minimum Gasteiger partial charge on any atom is -0.330 e. The molecule has 1 aromatic carbocycles. The van der Waals surface area contributed by atoms with E-state index in [4.69, 9.17) is 11.6 Å². The third kappa shape index (κ3) is 4.52. The van der Waals surface area contributed by atoms with E-state index in [1.54, 1.807) is 24.4 Å². The maximum Gasteiger partial charge on any atom is 0.273 e. The number of benzene rings is 1. The normalized spacial score (nSPS) is 19.7. The number of hydrogen-bond acceptors (Lipinski definition) is 4. The highest BCUT2D eigenvalue weighted by atomic mass is 35.5. The summed E-state index contributed by atoms with van der Waals surface area (Å²) in [4.78, 5) is 34.3. The van der Waals surface area contributed by atoms with Crippen LogP contribution in [-0.4, -0.2) is 56.8 Å². The number of nitrogens with one attached hydrogen (secondary N) is 1. The van der Waals surface area contributed by atoms with E-state index in [2.05, 4.69) is 29.0 Å². The SMILES string of the molecule is CC[C@H]1CN(C(=O)/C=C/[C@H](C)N2CCC2)Cc2ncc(C(=O)Nc3ccccc3Cl)n21. The number of amides is 2. The minimum absolute atomic E-state index is 0.0107. The predicted molar refractivity (Wildman–Crippen MR) is 121 cm³/mol. The molecule has 0 saturated carbocycles. The molecule has 2 aromatic rings. The summed E-state index contributed by atoms with van der Waals surface area (Å²) in [6.45, 7) is 7.30. The van der Waals surface area contributed by atoms with E-state index in [0.29, 0.717) is 29.5 Å². The summed E-state index contributed by atoms with van der Waals surface area (Å²) in [7, 11) is 0. The summed E-state index contributed by atoms with van der Waals surface area (Å²) in [5, 5.41) is 3.35. The molecule has 31 heavy (non-hydrogen) atoms. The van der Waals surface area contributed by atoms with Gasteiger partial charge in [-0.25, -0.2) is 4.98 Å². The summed E-state index contributed by atoms with van der Waals surface area (Å²) in [5.74, 6) is 0.454. The number of aromatic nitrogens is 2. The molecular formula is C23H28ClN5O2. The van der Waals surface area contributed by atoms with E-state index in [1.165, 1.54) is 6.42 Å². The van der Waals surface area contributed by atoms with E-state index in [1.807, 2.05) is 27.7 Å². The van der Waals surface area contributed by atoms with Crippen molar-refractivity contribution in [2.75, 3.05) is 25.0 Å². The second kappa shape index (κ2) is 9.24. The van der Waals surface area contributed by atoms with E-state index in [-0.39, 0.29) is 23.9 Å². The first-order valence-corrected chi connectivity index (χ1v) is 11.2. The van der Waals surface area contributed by atoms with Gasteiger partial charge < -0.3 is 14.8 Å². The van der Waals surface area contributed by atoms with Crippen molar-refractivity contribution < 1.29 is 9.59 Å². The Morgan fingerprint density at radius 3 is 2.77 bits per heavy atom. The topological polar surface area (TPSA) is 70.5 Å². The van der Waals surface area contributed by atoms with Crippen molar-refractivity contribution in [2.24, 2.45) is 0 Å². The number of para-hydroxylation sites is 1. The number of fused-ring (bicyclic) bond motifs is 1. The van der Waals surface area contributed by atoms with Gasteiger partial charge in [0.1, 0.15) is 11.5 Å². The van der Waals surface area contributed by atoms with Crippen molar-refractivity contribution in [3.63, 3.8) is 0 Å². The molecule has 1 aromatic heterocycles. The van der Waals surface area contributed by atoms with Crippen molar-refractivity contribution in [1.82, 2.24) is 19.4 Å². The average Bonchev–Trinajstić information content (AvgIpc) is 3.16. The summed E-state index contributed by atoms with van der Waals surface area (Å²) in [5.41, 5.74) is 1.04. The van der Waals surface area contributed by atoms with Crippen molar-refractivity contribution >= 4 is 29.1 Å². The van der Waals surface area contributed by atoms with Crippen LogP contribution in [0.1, 0.15) is 49.0 Å². The number of carbonyl (C=O) groups excluding carboxylic acids is 2. The first-order chi connectivity index (χ1) is 15.0. The fraction of sp³-hybridized carbons (Fsp3) is 0.435. The zero-order chi connectivity index (χ0) is 22.0. The highest BCUT2D eigenvalue weighted by Gasteiger charge is 2.31. The number of likely N-dealkylation sites (tertiary alicyclic amines) is 1. The van der Waals surface area contributed by atoms with Gasteiger partial charge in [0.25, 0.3) is 5.91 Å². The lowest BCUT2D eigenvalue weighted by Crippen LogP contribution is -2.43. The second-order valence-corrected chi connectivity index (χ2v) is 8.54. The fourth-order valence-corrected chi connectivity index (χ4v) is 4.27. The molecule has 2 aliphatic rings. The molecule has 0 unspecified atom stereocenters. The van der Waals surface area contributed by atoms with Crippen molar-refractivity contribution in [3.8, 4) is 0 Å². The monoisotopic (exact) mass is 441 g/mol. The first kappa shape index (κ1) is 21.6. The summed E-state index contributed by atoms with van der Waals surface area (Å²) < 4.78 is 1.96. The Labute approximate surface area is 187 Å². The van der Waals surface area contributed by atoms with Crippen LogP contribution in [0, 0.1) is 0 Å². The number of hydrogen-bond donors (Lipinski definition) is 1. The Balaban J connectivity index is 1.49. The van der Waals surface area contributed by atoms with Crippen LogP contribution >= 0.6 is 11.6 Å². The third-order valence-corrected chi connectivity index (χ3v) is 6.45. The quantitative estimate of drug-likeness (QED) is 0.693. The molecule has 8 heteroatoms. The van der Waals surface area contributed by atoms with Crippen LogP contribution in [0.15, 0.2) is 42.6 Å². The number of carbonyl (C=O) groups is 2. The van der Waals surface area contributed by atoms with Crippen LogP contribution < -0.4 is 5.32 Å². The van der Waals surface area contributed by atoms with Crippen LogP contribution in [0.3, 0.4) is 0 Å². The van der Waals surface area contributed by atoms with Gasteiger partial charge in [0.15, 0.2) is 0 Å². The first-order valence-electron chi connectivity index (χ1n) is 10.8. The highest BCUT2D eigenvalue weighted by Crippen LogP contribution is 2.27. The second-order valence-electron chi connectivity index (χ2n) is 8.13. The van der Waals surface area contributed by atoms with E-state index in [0.717, 1.165) is 25.3 Å². The summed E-state index contributed by atoms with van der Waals surface area (Å²) in [6, 6.07) is 7.39. The maximum atomic E-state index is 12.9. The molecule has 2 atom stereocenters. The fourth-order valence-electron chi connectivity index (χ4n) is 4.09. The zero-order valence-electron chi connectivity index (χ0n) is 17.9. The molecule has 1 fully saturated rings. The molecule has 0 radical (unpaired) electrons. The molecule has 0 spiro atoms. The molecule has 1 N–H and O–H groups in total. The van der Waals surface area contributed by atoms with Crippen LogP contribution in [-0.2, 0) is 11.3 Å². The number of imidazole rings is 1. The Kier molecular flexibility index (Phi) is 6.43. The maximum absolute atomic E-state index is 12.9. The van der Waals surface area contributed by atoms with Crippen molar-refractivity contribution in [3.05, 3.63) is 59.2 Å². The Bertz CT molecular complexity index is 998. The molecule has 4 rings (SSSR count). The smallest absolute Gasteiger partial charge is 0.273 e. The Hall–Kier alpha value is -2.64. The molecular weight excluding hydrogens is 414 g/mol. The lowest BCUT2D eigenvalue weighted by atomic mass is 10.1. The van der Waals surface area contributed by atoms with Gasteiger partial charge in [-0.1, -0.05) is 36.7 Å². The van der Waals surface area contributed by atoms with E-state index >= 15 is 0 Å². The Morgan fingerprint density at radius 1 is 1.32 bits per heavy atom. The molecule has 2 amide bonds. The number of rotatable bonds is 6. The van der Waals surface area contributed by atoms with Crippen LogP contribution in [0.5, 0.6) is 0 Å². The van der Waals surface area contributed by atoms with Gasteiger partial charge in [0.05, 0.1) is 29.5 Å². The van der Waals surface area contributed by atoms with Gasteiger partial charge in [-0.05, 0) is 45.0 Å². The summed E-state index contributed by atoms with van der Waals surface area (Å²) >= 11 is 6.18. The number of nitrogens with zero attached hydrogens (tertiary/aromatic N) is 4. The van der Waals surface area contributed by atoms with Crippen molar-refractivity contribution in [2.45, 2.75) is 45.3 Å². The lowest BCUT2D eigenvalue weighted by molar-refractivity contribution is -0.128. The minimum atomic E-state index is -0.256. The molecule has 1 saturated heterocycles. The summed E-state index contributed by atoms with van der Waals surface area (Å²) in [6.07, 6.45) is 7.25. The van der Waals surface area contributed by atoms with E-state index in [9.17, 15) is 9.59 Å². The molecule has 164 valence electrons. The Morgan fingerprint density at radius 2 is 2.10 bits per heavy atom. The van der Waals surface area contributed by atoms with Crippen LogP contribution in [0.2, 0.25) is 5.02 Å². The molecule has 0 aliphatic carbocycles. The number of anilines is 1. The van der Waals surface area contributed by atoms with Gasteiger partial charge in [-0.15, -0.1) is 0 Å². The third-order valence-electron chi connectivity index (χ3n) is 6.12. The predicted octanol–water partition coefficient (Wildman–Crippen LogP) is 3.73. The van der Waals surface area contributed by atoms with Gasteiger partial charge in [-0.3, -0.25) is 14.5 Å². The molecule has 2 aliphatic heterocycles. The lowest BCUT2D eigenvalue weighted by Gasteiger charge is -2.35. The van der Waals surface area contributed by atoms with Crippen LogP contribution in [0.25, 0.3) is 0 Å². The highest BCUT2D eigenvalue weighted by molar-refractivity contribution is 6.33. The van der Waals surface area contributed by atoms with Crippen molar-refractivity contribution in [1.29, 1.82) is 0 Å². The standard InChI is InChI=1S/C23H28ClN5O2/c1-3-17-14-28(22(30)10-9-16(2)27-11-6-12-27)15-21-25-13-20(29(17)21)23(31)26-19-8-5-4-7-18(19)24/h4-5,7-10,13,16-17H,3,6,11-12,14-15H2,1-2H3,(H,26,31)/b10-9+/t16-,17-/m0/s1. The molecule has 0 bridgehead atoms. The van der Waals surface area contributed by atoms with Gasteiger partial charge in [-0.2, -0.15) is 0 Å². The average molecular weight is 442 g/mol. The van der Waals surface area contributed by atoms with Gasteiger partial charge in [0, 0.05) is 18.7 Å². The largest absolute Gasteiger partial charge is 0.330 e. The molecule has 3 heterocycles. The van der Waals surface area contributed by atoms with E-state index < -0.39 is 0 Å². The van der Waals surface area contributed by atoms with Crippen LogP contribution in [0.4, 0.5) is 5.69 Å². The van der Waals surface area contributed by atoms with Gasteiger partial charge >= 0.3 is 0 Å². The molecule has 7 nitrogen and oxygen atoms in total. The van der Waals surface area contributed by atoms with Gasteiger partial charge in [0.2, 0.25) is 5.91 Å².